The van der Waals surface area contributed by atoms with Gasteiger partial charge in [0.15, 0.2) is 5.16 Å². The Morgan fingerprint density at radius 1 is 1.26 bits per heavy atom. The summed E-state index contributed by atoms with van der Waals surface area (Å²) in [6, 6.07) is 0. The van der Waals surface area contributed by atoms with Crippen molar-refractivity contribution in [1.82, 2.24) is 14.8 Å². The Kier molecular flexibility index (Phi) is 6.54. The molecule has 1 aliphatic carbocycles. The van der Waals surface area contributed by atoms with Crippen molar-refractivity contribution in [2.24, 2.45) is 7.05 Å². The molecule has 0 atom stereocenters. The minimum Gasteiger partial charge on any atom is -0.465 e. The quantitative estimate of drug-likeness (QED) is 0.449. The van der Waals surface area contributed by atoms with Gasteiger partial charge in [-0.2, -0.15) is 0 Å². The highest BCUT2D eigenvalue weighted by Gasteiger charge is 2.26. The monoisotopic (exact) mass is 408 g/mol. The second-order valence-corrected chi connectivity index (χ2v) is 8.46. The number of fused-ring (bicyclic) bond motifs is 1. The topological polar surface area (TPSA) is 86.1 Å². The van der Waals surface area contributed by atoms with Crippen LogP contribution in [0.3, 0.4) is 0 Å². The molecule has 9 heteroatoms. The Bertz CT molecular complexity index is 844. The lowest BCUT2D eigenvalue weighted by molar-refractivity contribution is -0.113. The molecule has 0 aliphatic heterocycles. The van der Waals surface area contributed by atoms with Gasteiger partial charge in [0.1, 0.15) is 10.8 Å². The normalized spacial score (nSPS) is 13.7. The first-order chi connectivity index (χ1) is 13.0. The number of aryl methyl sites for hydroxylation is 2. The fraction of sp³-hybridized carbons (Fsp3) is 0.556. The predicted molar refractivity (Wildman–Crippen MR) is 107 cm³/mol. The number of nitrogens with one attached hydrogen (secondary N) is 1. The van der Waals surface area contributed by atoms with Gasteiger partial charge in [0.05, 0.1) is 18.4 Å². The SMILES string of the molecule is CCc1nnc(SCC(=O)Nc2sc3c(c2C(=O)OC)CCCCC3)n1C. The molecule has 0 aromatic carbocycles. The third kappa shape index (κ3) is 4.35. The third-order valence-corrected chi connectivity index (χ3v) is 6.86. The van der Waals surface area contributed by atoms with Crippen molar-refractivity contribution in [3.63, 3.8) is 0 Å². The molecule has 0 unspecified atom stereocenters. The van der Waals surface area contributed by atoms with Crippen molar-refractivity contribution in [2.45, 2.75) is 50.6 Å². The van der Waals surface area contributed by atoms with Gasteiger partial charge in [-0.15, -0.1) is 21.5 Å². The highest BCUT2D eigenvalue weighted by Crippen LogP contribution is 2.38. The molecule has 1 amide bonds. The summed E-state index contributed by atoms with van der Waals surface area (Å²) in [7, 11) is 3.27. The molecule has 0 radical (unpaired) electrons. The molecular formula is C18H24N4O3S2. The molecule has 0 saturated heterocycles. The van der Waals surface area contributed by atoms with E-state index in [9.17, 15) is 9.59 Å². The van der Waals surface area contributed by atoms with Crippen molar-refractivity contribution in [2.75, 3.05) is 18.2 Å². The molecule has 7 nitrogen and oxygen atoms in total. The van der Waals surface area contributed by atoms with Crippen LogP contribution in [0.25, 0.3) is 0 Å². The lowest BCUT2D eigenvalue weighted by Crippen LogP contribution is -2.16. The molecule has 27 heavy (non-hydrogen) atoms. The first-order valence-electron chi connectivity index (χ1n) is 9.08. The van der Waals surface area contributed by atoms with E-state index in [1.807, 2.05) is 18.5 Å². The van der Waals surface area contributed by atoms with Crippen LogP contribution in [0.2, 0.25) is 0 Å². The second kappa shape index (κ2) is 8.88. The molecule has 146 valence electrons. The van der Waals surface area contributed by atoms with E-state index in [1.165, 1.54) is 35.1 Å². The zero-order valence-corrected chi connectivity index (χ0v) is 17.5. The fourth-order valence-electron chi connectivity index (χ4n) is 3.22. The second-order valence-electron chi connectivity index (χ2n) is 6.41. The number of rotatable bonds is 6. The van der Waals surface area contributed by atoms with Crippen LogP contribution in [-0.4, -0.2) is 39.5 Å². The Hall–Kier alpha value is -1.87. The number of thiophene rings is 1. The Balaban J connectivity index is 1.73. The third-order valence-electron chi connectivity index (χ3n) is 4.64. The smallest absolute Gasteiger partial charge is 0.341 e. The van der Waals surface area contributed by atoms with E-state index in [4.69, 9.17) is 4.74 Å². The molecular weight excluding hydrogens is 384 g/mol. The predicted octanol–water partition coefficient (Wildman–Crippen LogP) is 3.23. The van der Waals surface area contributed by atoms with Gasteiger partial charge in [0.2, 0.25) is 5.91 Å². The van der Waals surface area contributed by atoms with Gasteiger partial charge in [-0.1, -0.05) is 25.1 Å². The number of hydrogen-bond acceptors (Lipinski definition) is 7. The minimum atomic E-state index is -0.377. The summed E-state index contributed by atoms with van der Waals surface area (Å²) in [6.45, 7) is 2.01. The van der Waals surface area contributed by atoms with Crippen LogP contribution < -0.4 is 5.32 Å². The summed E-state index contributed by atoms with van der Waals surface area (Å²) < 4.78 is 6.87. The van der Waals surface area contributed by atoms with E-state index in [-0.39, 0.29) is 17.6 Å². The maximum absolute atomic E-state index is 12.5. The number of amides is 1. The highest BCUT2D eigenvalue weighted by molar-refractivity contribution is 7.99. The van der Waals surface area contributed by atoms with E-state index >= 15 is 0 Å². The van der Waals surface area contributed by atoms with Gasteiger partial charge in [0, 0.05) is 18.3 Å². The van der Waals surface area contributed by atoms with Crippen LogP contribution in [0.5, 0.6) is 0 Å². The van der Waals surface area contributed by atoms with Crippen molar-refractivity contribution >= 4 is 40.0 Å². The van der Waals surface area contributed by atoms with Crippen LogP contribution in [0.4, 0.5) is 5.00 Å². The summed E-state index contributed by atoms with van der Waals surface area (Å²) in [4.78, 5) is 26.0. The number of hydrogen-bond donors (Lipinski definition) is 1. The Labute approximate surface area is 166 Å². The zero-order valence-electron chi connectivity index (χ0n) is 15.8. The number of esters is 1. The number of nitrogens with zero attached hydrogens (tertiary/aromatic N) is 3. The van der Waals surface area contributed by atoms with Gasteiger partial charge in [-0.05, 0) is 31.2 Å². The van der Waals surface area contributed by atoms with Crippen LogP contribution in [0.15, 0.2) is 5.16 Å². The standard InChI is InChI=1S/C18H24N4O3S2/c1-4-13-20-21-18(22(13)2)26-10-14(23)19-16-15(17(24)25-3)11-8-6-5-7-9-12(11)27-16/h4-10H2,1-3H3,(H,19,23). The maximum atomic E-state index is 12.5. The molecule has 2 aromatic heterocycles. The van der Waals surface area contributed by atoms with Gasteiger partial charge >= 0.3 is 5.97 Å². The van der Waals surface area contributed by atoms with Gasteiger partial charge in [-0.25, -0.2) is 4.79 Å². The number of methoxy groups -OCH3 is 1. The first-order valence-corrected chi connectivity index (χ1v) is 10.9. The van der Waals surface area contributed by atoms with Crippen LogP contribution in [-0.2, 0) is 35.8 Å². The van der Waals surface area contributed by atoms with Gasteiger partial charge < -0.3 is 14.6 Å². The number of ether oxygens (including phenoxy) is 1. The van der Waals surface area contributed by atoms with Crippen LogP contribution in [0.1, 0.15) is 52.8 Å². The van der Waals surface area contributed by atoms with Crippen molar-refractivity contribution in [1.29, 1.82) is 0 Å². The largest absolute Gasteiger partial charge is 0.465 e. The summed E-state index contributed by atoms with van der Waals surface area (Å²) in [6.07, 6.45) is 5.94. The number of carbonyl (C=O) groups is 2. The van der Waals surface area contributed by atoms with Crippen LogP contribution >= 0.6 is 23.1 Å². The average molecular weight is 409 g/mol. The van der Waals surface area contributed by atoms with E-state index in [0.29, 0.717) is 15.7 Å². The number of aromatic nitrogens is 3. The molecule has 0 spiro atoms. The molecule has 1 aliphatic rings. The van der Waals surface area contributed by atoms with E-state index in [1.54, 1.807) is 0 Å². The molecule has 0 bridgehead atoms. The summed E-state index contributed by atoms with van der Waals surface area (Å²) >= 11 is 2.84. The summed E-state index contributed by atoms with van der Waals surface area (Å²) in [5.41, 5.74) is 1.58. The van der Waals surface area contributed by atoms with Gasteiger partial charge in [0.25, 0.3) is 0 Å². The summed E-state index contributed by atoms with van der Waals surface area (Å²) in [5, 5.41) is 12.4. The molecule has 1 N–H and O–H groups in total. The molecule has 3 rings (SSSR count). The summed E-state index contributed by atoms with van der Waals surface area (Å²) in [5.74, 6) is 0.549. The Morgan fingerprint density at radius 3 is 2.74 bits per heavy atom. The lowest BCUT2D eigenvalue weighted by Gasteiger charge is -2.07. The van der Waals surface area contributed by atoms with Crippen molar-refractivity contribution in [3.8, 4) is 0 Å². The molecule has 0 saturated carbocycles. The van der Waals surface area contributed by atoms with Crippen molar-refractivity contribution < 1.29 is 14.3 Å². The minimum absolute atomic E-state index is 0.164. The zero-order chi connectivity index (χ0) is 19.4. The number of carbonyl (C=O) groups excluding carboxylic acids is 2. The van der Waals surface area contributed by atoms with E-state index < -0.39 is 0 Å². The number of thioether (sulfide) groups is 1. The first kappa shape index (κ1) is 19.9. The van der Waals surface area contributed by atoms with Crippen LogP contribution in [0, 0.1) is 0 Å². The Morgan fingerprint density at radius 2 is 2.04 bits per heavy atom. The van der Waals surface area contributed by atoms with Crippen molar-refractivity contribution in [3.05, 3.63) is 21.8 Å². The lowest BCUT2D eigenvalue weighted by atomic mass is 10.1. The highest BCUT2D eigenvalue weighted by atomic mass is 32.2. The fourth-order valence-corrected chi connectivity index (χ4v) is 5.24. The number of anilines is 1. The molecule has 2 aromatic rings. The molecule has 0 fully saturated rings. The van der Waals surface area contributed by atoms with Gasteiger partial charge in [-0.3, -0.25) is 4.79 Å². The average Bonchev–Trinajstić information content (AvgIpc) is 3.10. The van der Waals surface area contributed by atoms with E-state index in [2.05, 4.69) is 15.5 Å². The maximum Gasteiger partial charge on any atom is 0.341 e. The molecule has 2 heterocycles. The van der Waals surface area contributed by atoms with E-state index in [0.717, 1.165) is 49.9 Å².